The Hall–Kier alpha value is -0.410. The van der Waals surface area contributed by atoms with E-state index in [2.05, 4.69) is 4.98 Å². The van der Waals surface area contributed by atoms with E-state index in [1.807, 2.05) is 6.07 Å². The van der Waals surface area contributed by atoms with Gasteiger partial charge in [-0.05, 0) is 30.9 Å². The zero-order valence-electron chi connectivity index (χ0n) is 7.78. The van der Waals surface area contributed by atoms with E-state index in [0.29, 0.717) is 10.4 Å². The van der Waals surface area contributed by atoms with Gasteiger partial charge in [-0.15, -0.1) is 0 Å². The fraction of sp³-hybridized carbons (Fsp3) is 0.500. The van der Waals surface area contributed by atoms with Crippen LogP contribution in [0.4, 0.5) is 0 Å². The number of pyridine rings is 1. The maximum atomic E-state index is 11.5. The third-order valence-corrected chi connectivity index (χ3v) is 4.56. The zero-order chi connectivity index (χ0) is 9.97. The Morgan fingerprint density at radius 3 is 3.00 bits per heavy atom. The Bertz CT molecular complexity index is 338. The third-order valence-electron chi connectivity index (χ3n) is 2.50. The summed E-state index contributed by atoms with van der Waals surface area (Å²) < 4.78 is 11.5. The van der Waals surface area contributed by atoms with Crippen LogP contribution in [-0.2, 0) is 17.2 Å². The van der Waals surface area contributed by atoms with Crippen LogP contribution in [0.25, 0.3) is 0 Å². The van der Waals surface area contributed by atoms with Crippen LogP contribution >= 0.6 is 11.6 Å². The molecule has 0 N–H and O–H groups in total. The molecule has 0 radical (unpaired) electrons. The van der Waals surface area contributed by atoms with E-state index in [1.54, 1.807) is 12.3 Å². The molecule has 0 amide bonds. The molecule has 1 aliphatic rings. The van der Waals surface area contributed by atoms with E-state index in [0.717, 1.165) is 30.6 Å². The Kier molecular flexibility index (Phi) is 3.19. The van der Waals surface area contributed by atoms with Crippen LogP contribution in [-0.4, -0.2) is 20.2 Å². The predicted octanol–water partition coefficient (Wildman–Crippen LogP) is 2.19. The standard InChI is InChI=1S/C10H12ClNOS/c11-10-4-3-8(7-12-10)6-9-2-1-5-14(9)13/h3-4,7,9H,1-2,5-6H2/t9-,14?/m0/s1. The minimum Gasteiger partial charge on any atom is -0.259 e. The van der Waals surface area contributed by atoms with Gasteiger partial charge in [0.2, 0.25) is 0 Å². The zero-order valence-corrected chi connectivity index (χ0v) is 9.35. The van der Waals surface area contributed by atoms with Gasteiger partial charge in [0.25, 0.3) is 0 Å². The maximum absolute atomic E-state index is 11.5. The van der Waals surface area contributed by atoms with Crippen molar-refractivity contribution in [3.63, 3.8) is 0 Å². The second-order valence-electron chi connectivity index (χ2n) is 3.54. The first-order valence-corrected chi connectivity index (χ1v) is 6.49. The van der Waals surface area contributed by atoms with Crippen LogP contribution in [0.5, 0.6) is 0 Å². The molecule has 0 bridgehead atoms. The van der Waals surface area contributed by atoms with E-state index in [1.165, 1.54) is 0 Å². The molecule has 2 atom stereocenters. The monoisotopic (exact) mass is 229 g/mol. The van der Waals surface area contributed by atoms with E-state index >= 15 is 0 Å². The van der Waals surface area contributed by atoms with Crippen molar-refractivity contribution in [1.82, 2.24) is 4.98 Å². The number of aromatic nitrogens is 1. The van der Waals surface area contributed by atoms with Gasteiger partial charge in [-0.2, -0.15) is 0 Å². The highest BCUT2D eigenvalue weighted by Gasteiger charge is 2.22. The Morgan fingerprint density at radius 2 is 2.43 bits per heavy atom. The molecule has 2 heterocycles. The lowest BCUT2D eigenvalue weighted by Crippen LogP contribution is -2.12. The fourth-order valence-electron chi connectivity index (χ4n) is 1.74. The SMILES string of the molecule is O=S1CCC[C@H]1Cc1ccc(Cl)nc1. The molecule has 0 aliphatic carbocycles. The molecular weight excluding hydrogens is 218 g/mol. The molecule has 4 heteroatoms. The molecule has 0 saturated carbocycles. The Balaban J connectivity index is 2.03. The Labute approximate surface area is 91.1 Å². The van der Waals surface area contributed by atoms with Crippen LogP contribution in [0.15, 0.2) is 18.3 Å². The maximum Gasteiger partial charge on any atom is 0.129 e. The molecule has 1 unspecified atom stereocenters. The summed E-state index contributed by atoms with van der Waals surface area (Å²) in [4.78, 5) is 4.01. The predicted molar refractivity (Wildman–Crippen MR) is 59.0 cm³/mol. The van der Waals surface area contributed by atoms with Crippen LogP contribution in [0.3, 0.4) is 0 Å². The smallest absolute Gasteiger partial charge is 0.129 e. The van der Waals surface area contributed by atoms with E-state index in [-0.39, 0.29) is 0 Å². The van der Waals surface area contributed by atoms with Crippen molar-refractivity contribution < 1.29 is 4.21 Å². The second kappa shape index (κ2) is 4.41. The number of halogens is 1. The molecule has 1 aromatic heterocycles. The van der Waals surface area contributed by atoms with E-state index in [4.69, 9.17) is 11.6 Å². The van der Waals surface area contributed by atoms with Crippen molar-refractivity contribution in [1.29, 1.82) is 0 Å². The number of nitrogens with zero attached hydrogens (tertiary/aromatic N) is 1. The first-order chi connectivity index (χ1) is 6.75. The molecule has 2 nitrogen and oxygen atoms in total. The van der Waals surface area contributed by atoms with Crippen molar-refractivity contribution in [3.8, 4) is 0 Å². The summed E-state index contributed by atoms with van der Waals surface area (Å²) in [5.74, 6) is 0.867. The van der Waals surface area contributed by atoms with Crippen molar-refractivity contribution in [2.24, 2.45) is 0 Å². The van der Waals surface area contributed by atoms with Gasteiger partial charge < -0.3 is 0 Å². The first kappa shape index (κ1) is 10.1. The van der Waals surface area contributed by atoms with Gasteiger partial charge in [0.05, 0.1) is 0 Å². The van der Waals surface area contributed by atoms with Crippen molar-refractivity contribution in [3.05, 3.63) is 29.0 Å². The minimum absolute atomic E-state index is 0.331. The molecule has 1 fully saturated rings. The number of rotatable bonds is 2. The van der Waals surface area contributed by atoms with Gasteiger partial charge in [-0.25, -0.2) is 4.98 Å². The summed E-state index contributed by atoms with van der Waals surface area (Å²) in [5.41, 5.74) is 1.13. The summed E-state index contributed by atoms with van der Waals surface area (Å²) in [5, 5.41) is 0.847. The molecule has 14 heavy (non-hydrogen) atoms. The average molecular weight is 230 g/mol. The van der Waals surface area contributed by atoms with Crippen LogP contribution in [0.2, 0.25) is 5.15 Å². The third kappa shape index (κ3) is 2.34. The molecule has 1 saturated heterocycles. The molecule has 76 valence electrons. The lowest BCUT2D eigenvalue weighted by Gasteiger charge is -2.07. The van der Waals surface area contributed by atoms with Gasteiger partial charge in [-0.1, -0.05) is 17.7 Å². The number of hydrogen-bond acceptors (Lipinski definition) is 2. The van der Waals surface area contributed by atoms with Gasteiger partial charge in [0.1, 0.15) is 5.15 Å². The van der Waals surface area contributed by atoms with Gasteiger partial charge in [0.15, 0.2) is 0 Å². The molecule has 1 aromatic rings. The normalized spacial score (nSPS) is 26.6. The van der Waals surface area contributed by atoms with Crippen LogP contribution in [0, 0.1) is 0 Å². The molecule has 0 spiro atoms. The summed E-state index contributed by atoms with van der Waals surface area (Å²) in [6, 6.07) is 3.75. The molecule has 2 rings (SSSR count). The lowest BCUT2D eigenvalue weighted by atomic mass is 10.1. The highest BCUT2D eigenvalue weighted by Crippen LogP contribution is 2.20. The summed E-state index contributed by atoms with van der Waals surface area (Å²) in [7, 11) is -0.627. The largest absolute Gasteiger partial charge is 0.259 e. The molecule has 1 aliphatic heterocycles. The first-order valence-electron chi connectivity index (χ1n) is 4.73. The summed E-state index contributed by atoms with van der Waals surface area (Å²) in [6.07, 6.45) is 4.82. The highest BCUT2D eigenvalue weighted by atomic mass is 35.5. The summed E-state index contributed by atoms with van der Waals surface area (Å²) in [6.45, 7) is 0. The van der Waals surface area contributed by atoms with Gasteiger partial charge in [0, 0.05) is 28.0 Å². The molecule has 0 aromatic carbocycles. The van der Waals surface area contributed by atoms with Gasteiger partial charge >= 0.3 is 0 Å². The fourth-order valence-corrected chi connectivity index (χ4v) is 3.44. The van der Waals surface area contributed by atoms with Gasteiger partial charge in [-0.3, -0.25) is 4.21 Å². The average Bonchev–Trinajstić information content (AvgIpc) is 2.56. The lowest BCUT2D eigenvalue weighted by molar-refractivity contribution is 0.674. The summed E-state index contributed by atoms with van der Waals surface area (Å²) >= 11 is 5.69. The Morgan fingerprint density at radius 1 is 1.57 bits per heavy atom. The van der Waals surface area contributed by atoms with Crippen molar-refractivity contribution in [2.45, 2.75) is 24.5 Å². The minimum atomic E-state index is -0.627. The van der Waals surface area contributed by atoms with E-state index < -0.39 is 10.8 Å². The highest BCUT2D eigenvalue weighted by molar-refractivity contribution is 7.85. The second-order valence-corrected chi connectivity index (χ2v) is 5.77. The van der Waals surface area contributed by atoms with E-state index in [9.17, 15) is 4.21 Å². The number of hydrogen-bond donors (Lipinski definition) is 0. The van der Waals surface area contributed by atoms with Crippen LogP contribution in [0.1, 0.15) is 18.4 Å². The molecular formula is C10H12ClNOS. The topological polar surface area (TPSA) is 30.0 Å². The van der Waals surface area contributed by atoms with Crippen LogP contribution < -0.4 is 0 Å². The quantitative estimate of drug-likeness (QED) is 0.728. The van der Waals surface area contributed by atoms with Crippen molar-refractivity contribution >= 4 is 22.4 Å². The van der Waals surface area contributed by atoms with Crippen molar-refractivity contribution in [2.75, 3.05) is 5.75 Å².